The van der Waals surface area contributed by atoms with Crippen molar-refractivity contribution < 1.29 is 0 Å². The van der Waals surface area contributed by atoms with Crippen molar-refractivity contribution in [3.05, 3.63) is 224 Å². The topological polar surface area (TPSA) is 48.5 Å². The number of fused-ring (bicyclic) bond motifs is 9. The van der Waals surface area contributed by atoms with Crippen molar-refractivity contribution in [1.82, 2.24) is 24.1 Å². The van der Waals surface area contributed by atoms with Crippen LogP contribution < -0.4 is 0 Å². The molecule has 5 nitrogen and oxygen atoms in total. The molecule has 14 rings (SSSR count). The summed E-state index contributed by atoms with van der Waals surface area (Å²) in [5, 5.41) is 7.37. The molecule has 0 saturated heterocycles. The summed E-state index contributed by atoms with van der Waals surface area (Å²) in [5.74, 6) is 1.81. The Balaban J connectivity index is 0.969. The molecule has 10 aromatic carbocycles. The van der Waals surface area contributed by atoms with E-state index in [1.54, 1.807) is 0 Å². The van der Waals surface area contributed by atoms with E-state index in [0.29, 0.717) is 17.6 Å². The van der Waals surface area contributed by atoms with Crippen LogP contribution in [0.3, 0.4) is 0 Å². The zero-order chi connectivity index (χ0) is 44.0. The first kappa shape index (κ1) is 37.8. The van der Waals surface area contributed by atoms with E-state index in [-0.39, 0.29) is 0 Å². The summed E-state index contributed by atoms with van der Waals surface area (Å²) in [5.41, 5.74) is 14.6. The Morgan fingerprint density at radius 1 is 0.299 bits per heavy atom. The van der Waals surface area contributed by atoms with E-state index in [1.165, 1.54) is 53.5 Å². The van der Waals surface area contributed by atoms with Gasteiger partial charge in [0, 0.05) is 53.5 Å². The summed E-state index contributed by atoms with van der Waals surface area (Å²) in [6.07, 6.45) is 0. The van der Waals surface area contributed by atoms with Crippen LogP contribution >= 0.6 is 11.8 Å². The second-order valence-electron chi connectivity index (χ2n) is 17.2. The maximum absolute atomic E-state index is 5.27. The maximum atomic E-state index is 5.27. The second kappa shape index (κ2) is 15.0. The van der Waals surface area contributed by atoms with Crippen LogP contribution in [0.2, 0.25) is 0 Å². The average molecular weight is 872 g/mol. The highest BCUT2D eigenvalue weighted by atomic mass is 32.2. The van der Waals surface area contributed by atoms with E-state index in [0.717, 1.165) is 60.9 Å². The first-order valence-electron chi connectivity index (χ1n) is 22.6. The van der Waals surface area contributed by atoms with Gasteiger partial charge in [0.05, 0.1) is 22.1 Å². The van der Waals surface area contributed by atoms with Gasteiger partial charge in [-0.05, 0) is 105 Å². The van der Waals surface area contributed by atoms with Gasteiger partial charge in [0.1, 0.15) is 0 Å². The number of aromatic nitrogens is 5. The molecular weight excluding hydrogens is 835 g/mol. The van der Waals surface area contributed by atoms with Gasteiger partial charge < -0.3 is 4.57 Å². The molecule has 6 heteroatoms. The van der Waals surface area contributed by atoms with Gasteiger partial charge in [-0.3, -0.25) is 4.57 Å². The molecule has 0 bridgehead atoms. The molecule has 67 heavy (non-hydrogen) atoms. The fourth-order valence-electron chi connectivity index (χ4n) is 10.3. The van der Waals surface area contributed by atoms with E-state index in [9.17, 15) is 0 Å². The van der Waals surface area contributed by atoms with Crippen LogP contribution in [0.5, 0.6) is 0 Å². The first-order chi connectivity index (χ1) is 33.2. The molecule has 0 amide bonds. The highest BCUT2D eigenvalue weighted by Gasteiger charge is 2.25. The van der Waals surface area contributed by atoms with Crippen molar-refractivity contribution in [2.75, 3.05) is 0 Å². The number of hydrogen-bond donors (Lipinski definition) is 0. The van der Waals surface area contributed by atoms with E-state index < -0.39 is 0 Å². The van der Waals surface area contributed by atoms with Gasteiger partial charge >= 0.3 is 0 Å². The molecule has 3 aromatic heterocycles. The standard InChI is InChI=1S/C61H37N5S/c1-4-16-38(17-5-1)40-20-14-21-43(34-40)60-62-59(39-18-6-2-7-19-39)63-61(64-60)66-51-27-12-10-24-45(51)48-35-41(30-32-52(48)66)42-31-33-53-50(36-42)57-47-26-15-29-56-58(47)49(46-25-11-13-28-55(46)67-56)37-54(57)65(53)44-22-8-3-9-23-44/h1-37H. The Hall–Kier alpha value is -8.58. The van der Waals surface area contributed by atoms with Gasteiger partial charge in [-0.25, -0.2) is 4.98 Å². The molecule has 0 aliphatic carbocycles. The Kier molecular flexibility index (Phi) is 8.45. The van der Waals surface area contributed by atoms with Gasteiger partial charge in [-0.1, -0.05) is 169 Å². The second-order valence-corrected chi connectivity index (χ2v) is 18.3. The van der Waals surface area contributed by atoms with Gasteiger partial charge in [0.2, 0.25) is 5.95 Å². The van der Waals surface area contributed by atoms with Crippen LogP contribution in [0, 0.1) is 0 Å². The zero-order valence-electron chi connectivity index (χ0n) is 36.0. The molecule has 0 spiro atoms. The number of rotatable bonds is 6. The fourth-order valence-corrected chi connectivity index (χ4v) is 11.5. The molecule has 4 heterocycles. The first-order valence-corrected chi connectivity index (χ1v) is 23.4. The lowest BCUT2D eigenvalue weighted by Gasteiger charge is -2.21. The number of para-hydroxylation sites is 2. The van der Waals surface area contributed by atoms with Gasteiger partial charge in [0.25, 0.3) is 0 Å². The summed E-state index contributed by atoms with van der Waals surface area (Å²) in [7, 11) is 0. The van der Waals surface area contributed by atoms with Crippen molar-refractivity contribution in [3.8, 4) is 67.8 Å². The number of benzene rings is 10. The van der Waals surface area contributed by atoms with Crippen LogP contribution in [0.4, 0.5) is 0 Å². The van der Waals surface area contributed by atoms with Crippen LogP contribution in [0.1, 0.15) is 0 Å². The van der Waals surface area contributed by atoms with Crippen LogP contribution in [-0.4, -0.2) is 24.1 Å². The molecular formula is C61H37N5S. The van der Waals surface area contributed by atoms with Crippen molar-refractivity contribution in [2.24, 2.45) is 0 Å². The van der Waals surface area contributed by atoms with Gasteiger partial charge in [-0.2, -0.15) is 9.97 Å². The van der Waals surface area contributed by atoms with E-state index >= 15 is 0 Å². The van der Waals surface area contributed by atoms with Gasteiger partial charge in [0.15, 0.2) is 11.6 Å². The van der Waals surface area contributed by atoms with E-state index in [2.05, 4.69) is 209 Å². The number of nitrogens with zero attached hydrogens (tertiary/aromatic N) is 5. The highest BCUT2D eigenvalue weighted by Crippen LogP contribution is 2.51. The van der Waals surface area contributed by atoms with Crippen LogP contribution in [0.15, 0.2) is 234 Å². The molecule has 0 unspecified atom stereocenters. The molecule has 0 radical (unpaired) electrons. The summed E-state index contributed by atoms with van der Waals surface area (Å²) >= 11 is 1.87. The van der Waals surface area contributed by atoms with Crippen molar-refractivity contribution in [1.29, 1.82) is 0 Å². The summed E-state index contributed by atoms with van der Waals surface area (Å²) in [4.78, 5) is 18.2. The lowest BCUT2D eigenvalue weighted by Crippen LogP contribution is -2.06. The summed E-state index contributed by atoms with van der Waals surface area (Å²) < 4.78 is 4.65. The Morgan fingerprint density at radius 3 is 1.67 bits per heavy atom. The largest absolute Gasteiger partial charge is 0.309 e. The lowest BCUT2D eigenvalue weighted by molar-refractivity contribution is 0.953. The maximum Gasteiger partial charge on any atom is 0.238 e. The monoisotopic (exact) mass is 871 g/mol. The van der Waals surface area contributed by atoms with Crippen LogP contribution in [-0.2, 0) is 0 Å². The molecule has 0 saturated carbocycles. The molecule has 0 atom stereocenters. The number of hydrogen-bond acceptors (Lipinski definition) is 4. The highest BCUT2D eigenvalue weighted by molar-refractivity contribution is 7.99. The van der Waals surface area contributed by atoms with Crippen molar-refractivity contribution in [2.45, 2.75) is 9.79 Å². The SMILES string of the molecule is c1ccc(-c2cccc(-c3nc(-c4ccccc4)nc(-n4c5ccccc5c5cc(-c6ccc7c(c6)c6c8cccc9c8c(cc6n7-c6ccccc6)-c6ccccc6S9)ccc54)n3)c2)cc1. The Bertz CT molecular complexity index is 4120. The van der Waals surface area contributed by atoms with Crippen LogP contribution in [0.25, 0.3) is 122 Å². The van der Waals surface area contributed by atoms with Gasteiger partial charge in [-0.15, -0.1) is 0 Å². The van der Waals surface area contributed by atoms with E-state index in [4.69, 9.17) is 15.0 Å². The molecule has 13 aromatic rings. The average Bonchev–Trinajstić information content (AvgIpc) is 3.91. The summed E-state index contributed by atoms with van der Waals surface area (Å²) in [6.45, 7) is 0. The minimum absolute atomic E-state index is 0.572. The Morgan fingerprint density at radius 2 is 0.866 bits per heavy atom. The smallest absolute Gasteiger partial charge is 0.238 e. The zero-order valence-corrected chi connectivity index (χ0v) is 36.8. The fraction of sp³-hybridized carbons (Fsp3) is 0. The van der Waals surface area contributed by atoms with Crippen molar-refractivity contribution in [3.63, 3.8) is 0 Å². The minimum Gasteiger partial charge on any atom is -0.309 e. The normalized spacial score (nSPS) is 12.1. The third kappa shape index (κ3) is 6.00. The molecule has 0 fully saturated rings. The molecule has 1 aliphatic heterocycles. The predicted octanol–water partition coefficient (Wildman–Crippen LogP) is 16.0. The quantitative estimate of drug-likeness (QED) is 0.167. The minimum atomic E-state index is 0.572. The van der Waals surface area contributed by atoms with E-state index in [1.807, 2.05) is 36.0 Å². The molecule has 312 valence electrons. The van der Waals surface area contributed by atoms with Crippen molar-refractivity contribution >= 4 is 66.1 Å². The third-order valence-electron chi connectivity index (χ3n) is 13.4. The molecule has 0 N–H and O–H groups in total. The lowest BCUT2D eigenvalue weighted by atomic mass is 9.93. The summed E-state index contributed by atoms with van der Waals surface area (Å²) in [6, 6.07) is 80.4. The Labute approximate surface area is 390 Å². The third-order valence-corrected chi connectivity index (χ3v) is 14.5. The predicted molar refractivity (Wildman–Crippen MR) is 277 cm³/mol. The molecule has 1 aliphatic rings.